The Morgan fingerprint density at radius 2 is 2.21 bits per heavy atom. The maximum atomic E-state index is 4.53. The number of hydrogen-bond donors (Lipinski definition) is 1. The number of aromatic nitrogens is 1. The number of nitrogens with one attached hydrogen (secondary N) is 1. The van der Waals surface area contributed by atoms with Gasteiger partial charge in [-0.3, -0.25) is 0 Å². The van der Waals surface area contributed by atoms with Gasteiger partial charge in [-0.15, -0.1) is 11.3 Å². The molecule has 1 unspecified atom stereocenters. The van der Waals surface area contributed by atoms with E-state index in [0.717, 1.165) is 5.92 Å². The quantitative estimate of drug-likeness (QED) is 0.808. The summed E-state index contributed by atoms with van der Waals surface area (Å²) < 4.78 is 0. The molecular weight excluding hydrogens is 192 g/mol. The maximum absolute atomic E-state index is 4.53. The summed E-state index contributed by atoms with van der Waals surface area (Å²) in [6.45, 7) is 1.19. The highest BCUT2D eigenvalue weighted by molar-refractivity contribution is 7.09. The van der Waals surface area contributed by atoms with Crippen LogP contribution in [0.3, 0.4) is 0 Å². The summed E-state index contributed by atoms with van der Waals surface area (Å²) in [6.07, 6.45) is 6.75. The molecule has 1 saturated heterocycles. The van der Waals surface area contributed by atoms with Gasteiger partial charge >= 0.3 is 0 Å². The van der Waals surface area contributed by atoms with Crippen LogP contribution in [-0.2, 0) is 0 Å². The smallest absolute Gasteiger partial charge is 0.0798 e. The van der Waals surface area contributed by atoms with Crippen LogP contribution in [-0.4, -0.2) is 11.5 Å². The van der Waals surface area contributed by atoms with Crippen molar-refractivity contribution in [2.24, 2.45) is 0 Å². The van der Waals surface area contributed by atoms with Crippen molar-refractivity contribution < 1.29 is 0 Å². The van der Waals surface area contributed by atoms with Crippen LogP contribution >= 0.6 is 11.3 Å². The van der Waals surface area contributed by atoms with Gasteiger partial charge in [-0.2, -0.15) is 0 Å². The molecule has 2 heterocycles. The van der Waals surface area contributed by atoms with Gasteiger partial charge in [0.05, 0.1) is 11.2 Å². The van der Waals surface area contributed by atoms with E-state index in [-0.39, 0.29) is 0 Å². The topological polar surface area (TPSA) is 24.9 Å². The predicted octanol–water partition coefficient (Wildman–Crippen LogP) is 2.84. The molecule has 1 N–H and O–H groups in total. The summed E-state index contributed by atoms with van der Waals surface area (Å²) in [5.41, 5.74) is 3.44. The Morgan fingerprint density at radius 1 is 1.29 bits per heavy atom. The Labute approximate surface area is 88.7 Å². The molecule has 3 rings (SSSR count). The van der Waals surface area contributed by atoms with Crippen LogP contribution in [0.1, 0.15) is 54.6 Å². The largest absolute Gasteiger partial charge is 0.309 e. The second-order valence-corrected chi connectivity index (χ2v) is 5.26. The van der Waals surface area contributed by atoms with Crippen molar-refractivity contribution in [3.63, 3.8) is 0 Å². The first-order valence-corrected chi connectivity index (χ1v) is 6.50. The van der Waals surface area contributed by atoms with Crippen LogP contribution in [0.25, 0.3) is 0 Å². The molecule has 0 radical (unpaired) electrons. The van der Waals surface area contributed by atoms with Crippen LogP contribution in [0.15, 0.2) is 5.51 Å². The summed E-state index contributed by atoms with van der Waals surface area (Å²) in [7, 11) is 0. The first-order chi connectivity index (χ1) is 6.95. The highest BCUT2D eigenvalue weighted by Gasteiger charge is 2.31. The molecule has 0 bridgehead atoms. The normalized spacial score (nSPS) is 27.9. The van der Waals surface area contributed by atoms with Crippen LogP contribution < -0.4 is 5.32 Å². The Kier molecular flexibility index (Phi) is 2.30. The second kappa shape index (κ2) is 3.63. The molecule has 2 fully saturated rings. The summed E-state index contributed by atoms with van der Waals surface area (Å²) >= 11 is 1.85. The van der Waals surface area contributed by atoms with E-state index in [2.05, 4.69) is 10.3 Å². The minimum absolute atomic E-state index is 0.617. The zero-order chi connectivity index (χ0) is 9.38. The molecule has 0 spiro atoms. The molecule has 1 aromatic rings. The number of nitrogens with zero attached hydrogens (tertiary/aromatic N) is 1. The lowest BCUT2D eigenvalue weighted by Gasteiger charge is -2.23. The lowest BCUT2D eigenvalue weighted by Crippen LogP contribution is -2.26. The van der Waals surface area contributed by atoms with Crippen molar-refractivity contribution in [1.29, 1.82) is 0 Å². The first kappa shape index (κ1) is 8.86. The Hall–Kier alpha value is -0.410. The number of thiazole rings is 1. The third-order valence-electron chi connectivity index (χ3n) is 3.21. The molecule has 1 aromatic heterocycles. The van der Waals surface area contributed by atoms with Gasteiger partial charge in [0.2, 0.25) is 0 Å². The van der Waals surface area contributed by atoms with E-state index in [1.54, 1.807) is 0 Å². The van der Waals surface area contributed by atoms with Crippen molar-refractivity contribution in [3.8, 4) is 0 Å². The Balaban J connectivity index is 1.82. The number of rotatable bonds is 2. The molecule has 0 aromatic carbocycles. The Morgan fingerprint density at radius 3 is 2.93 bits per heavy atom. The van der Waals surface area contributed by atoms with Gasteiger partial charge in [0, 0.05) is 16.8 Å². The lowest BCUT2D eigenvalue weighted by atomic mass is 10.0. The Bertz CT molecular complexity index is 311. The first-order valence-electron chi connectivity index (χ1n) is 5.62. The van der Waals surface area contributed by atoms with Gasteiger partial charge < -0.3 is 5.32 Å². The standard InChI is InChI=1S/C11H16N2S/c1-2-6-12-9(3-1)11-10(8-4-5-8)13-7-14-11/h7-9,12H,1-6H2. The van der Waals surface area contributed by atoms with Crippen LogP contribution in [0, 0.1) is 0 Å². The molecule has 1 saturated carbocycles. The third kappa shape index (κ3) is 1.59. The summed E-state index contributed by atoms with van der Waals surface area (Å²) in [5, 5.41) is 3.61. The molecule has 2 nitrogen and oxygen atoms in total. The van der Waals surface area contributed by atoms with E-state index in [4.69, 9.17) is 0 Å². The number of hydrogen-bond acceptors (Lipinski definition) is 3. The molecule has 1 aliphatic carbocycles. The minimum Gasteiger partial charge on any atom is -0.309 e. The van der Waals surface area contributed by atoms with E-state index < -0.39 is 0 Å². The van der Waals surface area contributed by atoms with Gasteiger partial charge in [0.15, 0.2) is 0 Å². The van der Waals surface area contributed by atoms with E-state index >= 15 is 0 Å². The minimum atomic E-state index is 0.617. The SMILES string of the molecule is c1nc(C2CC2)c(C2CCCCN2)s1. The zero-order valence-electron chi connectivity index (χ0n) is 8.33. The zero-order valence-corrected chi connectivity index (χ0v) is 9.15. The summed E-state index contributed by atoms with van der Waals surface area (Å²) in [5.74, 6) is 0.806. The van der Waals surface area contributed by atoms with Gasteiger partial charge in [-0.1, -0.05) is 6.42 Å². The molecular formula is C11H16N2S. The van der Waals surface area contributed by atoms with E-state index in [1.165, 1.54) is 49.2 Å². The van der Waals surface area contributed by atoms with Gasteiger partial charge in [-0.25, -0.2) is 4.98 Å². The van der Waals surface area contributed by atoms with Gasteiger partial charge in [-0.05, 0) is 32.2 Å². The average molecular weight is 208 g/mol. The number of piperidine rings is 1. The molecule has 1 atom stereocenters. The maximum Gasteiger partial charge on any atom is 0.0798 e. The van der Waals surface area contributed by atoms with Crippen molar-refractivity contribution >= 4 is 11.3 Å². The molecule has 3 heteroatoms. The summed E-state index contributed by atoms with van der Waals surface area (Å²) in [4.78, 5) is 6.07. The fraction of sp³-hybridized carbons (Fsp3) is 0.727. The van der Waals surface area contributed by atoms with Gasteiger partial charge in [0.1, 0.15) is 0 Å². The third-order valence-corrected chi connectivity index (χ3v) is 4.17. The van der Waals surface area contributed by atoms with Crippen molar-refractivity contribution in [3.05, 3.63) is 16.1 Å². The predicted molar refractivity (Wildman–Crippen MR) is 58.7 cm³/mol. The summed E-state index contributed by atoms with van der Waals surface area (Å²) in [6, 6.07) is 0.617. The van der Waals surface area contributed by atoms with Crippen molar-refractivity contribution in [2.75, 3.05) is 6.54 Å². The van der Waals surface area contributed by atoms with Crippen molar-refractivity contribution in [1.82, 2.24) is 10.3 Å². The van der Waals surface area contributed by atoms with E-state index in [0.29, 0.717) is 6.04 Å². The van der Waals surface area contributed by atoms with Gasteiger partial charge in [0.25, 0.3) is 0 Å². The molecule has 2 aliphatic rings. The van der Waals surface area contributed by atoms with E-state index in [1.807, 2.05) is 16.8 Å². The lowest BCUT2D eigenvalue weighted by molar-refractivity contribution is 0.415. The van der Waals surface area contributed by atoms with Crippen LogP contribution in [0.5, 0.6) is 0 Å². The second-order valence-electron chi connectivity index (χ2n) is 4.38. The molecule has 0 amide bonds. The molecule has 14 heavy (non-hydrogen) atoms. The highest BCUT2D eigenvalue weighted by atomic mass is 32.1. The highest BCUT2D eigenvalue weighted by Crippen LogP contribution is 2.44. The average Bonchev–Trinajstić information content (AvgIpc) is 2.98. The fourth-order valence-corrected chi connectivity index (χ4v) is 3.25. The molecule has 1 aliphatic heterocycles. The van der Waals surface area contributed by atoms with Crippen LogP contribution in [0.4, 0.5) is 0 Å². The fourth-order valence-electron chi connectivity index (χ4n) is 2.26. The van der Waals surface area contributed by atoms with E-state index in [9.17, 15) is 0 Å². The molecule has 76 valence electrons. The monoisotopic (exact) mass is 208 g/mol. The van der Waals surface area contributed by atoms with Crippen molar-refractivity contribution in [2.45, 2.75) is 44.1 Å². The van der Waals surface area contributed by atoms with Crippen LogP contribution in [0.2, 0.25) is 0 Å².